The zero-order valence-electron chi connectivity index (χ0n) is 23.8. The minimum absolute atomic E-state index is 0.0170. The lowest BCUT2D eigenvalue weighted by atomic mass is 10.1. The molecule has 10 nitrogen and oxygen atoms in total. The molecule has 11 heteroatoms. The van der Waals surface area contributed by atoms with E-state index in [0.717, 1.165) is 24.9 Å². The van der Waals surface area contributed by atoms with Crippen molar-refractivity contribution in [1.82, 2.24) is 19.6 Å². The van der Waals surface area contributed by atoms with Gasteiger partial charge in [0.15, 0.2) is 11.3 Å². The number of fused-ring (bicyclic) bond motifs is 1. The first-order valence-electron chi connectivity index (χ1n) is 13.7. The molecule has 4 rings (SSSR count). The van der Waals surface area contributed by atoms with Gasteiger partial charge in [0.1, 0.15) is 11.6 Å². The van der Waals surface area contributed by atoms with Crippen molar-refractivity contribution in [2.24, 2.45) is 0 Å². The maximum atomic E-state index is 13.3. The fourth-order valence-electron chi connectivity index (χ4n) is 4.59. The normalized spacial score (nSPS) is 11.6. The Kier molecular flexibility index (Phi) is 9.14. The number of aromatic amines is 1. The predicted octanol–water partition coefficient (Wildman–Crippen LogP) is 5.17. The quantitative estimate of drug-likeness (QED) is 0.214. The van der Waals surface area contributed by atoms with Crippen LogP contribution in [0.1, 0.15) is 57.5 Å². The van der Waals surface area contributed by atoms with E-state index in [1.165, 1.54) is 25.0 Å². The highest BCUT2D eigenvalue weighted by molar-refractivity contribution is 7.92. The number of unbranched alkanes of at least 4 members (excludes halogenated alkanes) is 4. The molecule has 2 aromatic carbocycles. The molecule has 0 saturated carbocycles. The molecule has 4 aromatic rings. The summed E-state index contributed by atoms with van der Waals surface area (Å²) in [6.07, 6.45) is 6.24. The van der Waals surface area contributed by atoms with E-state index in [9.17, 15) is 13.2 Å². The Bertz CT molecular complexity index is 1630. The van der Waals surface area contributed by atoms with Crippen molar-refractivity contribution in [2.45, 2.75) is 64.2 Å². The number of anilines is 2. The van der Waals surface area contributed by atoms with Crippen LogP contribution in [0, 0.1) is 6.92 Å². The van der Waals surface area contributed by atoms with Crippen LogP contribution in [0.3, 0.4) is 0 Å². The number of nitrogens with one attached hydrogen (secondary N) is 2. The highest BCUT2D eigenvalue weighted by atomic mass is 32.2. The molecule has 0 spiro atoms. The van der Waals surface area contributed by atoms with Gasteiger partial charge in [-0.3, -0.25) is 9.52 Å². The Morgan fingerprint density at radius 3 is 2.42 bits per heavy atom. The molecule has 40 heavy (non-hydrogen) atoms. The molecule has 0 aliphatic carbocycles. The zero-order valence-corrected chi connectivity index (χ0v) is 24.6. The van der Waals surface area contributed by atoms with E-state index < -0.39 is 10.0 Å². The van der Waals surface area contributed by atoms with Crippen molar-refractivity contribution in [3.8, 4) is 17.1 Å². The van der Waals surface area contributed by atoms with Gasteiger partial charge in [-0.05, 0) is 62.7 Å². The van der Waals surface area contributed by atoms with Gasteiger partial charge in [-0.25, -0.2) is 17.9 Å². The van der Waals surface area contributed by atoms with Crippen molar-refractivity contribution < 1.29 is 13.2 Å². The molecule has 0 aliphatic rings. The Hall–Kier alpha value is -3.86. The number of hydrogen-bond acceptors (Lipinski definition) is 7. The second-order valence-corrected chi connectivity index (χ2v) is 11.7. The number of H-pyrrole nitrogens is 1. The second kappa shape index (κ2) is 12.5. The average molecular weight is 567 g/mol. The summed E-state index contributed by atoms with van der Waals surface area (Å²) in [4.78, 5) is 22.6. The Balaban J connectivity index is 1.72. The number of hydrogen-bond donors (Lipinski definition) is 2. The summed E-state index contributed by atoms with van der Waals surface area (Å²) in [7, 11) is -0.114. The first-order chi connectivity index (χ1) is 19.1. The molecular formula is C29H38N6O4S. The largest absolute Gasteiger partial charge is 0.493 e. The number of ether oxygens (including phenoxy) is 1. The topological polar surface area (TPSA) is 122 Å². The molecule has 2 aromatic heterocycles. The molecule has 0 unspecified atom stereocenters. The van der Waals surface area contributed by atoms with Crippen LogP contribution in [0.4, 0.5) is 11.4 Å². The minimum atomic E-state index is -3.94. The standard InChI is InChI=1S/C29H38N6O4S/c1-6-8-9-10-11-12-26-30-20(3)27-29(36)31-28(32-35(26)27)24-19-23(17-18-25(24)39-7-2)40(37,38)33-21-13-15-22(16-14-21)34(4)5/h13-19,33H,6-12H2,1-5H3,(H,31,32,36). The fraction of sp³-hybridized carbons (Fsp3) is 0.414. The minimum Gasteiger partial charge on any atom is -0.493 e. The summed E-state index contributed by atoms with van der Waals surface area (Å²) in [5, 5.41) is 4.72. The first-order valence-corrected chi connectivity index (χ1v) is 15.2. The maximum absolute atomic E-state index is 13.3. The van der Waals surface area contributed by atoms with E-state index in [1.54, 1.807) is 29.6 Å². The molecule has 0 radical (unpaired) electrons. The van der Waals surface area contributed by atoms with Gasteiger partial charge in [0.2, 0.25) is 0 Å². The molecular weight excluding hydrogens is 528 g/mol. The third kappa shape index (κ3) is 6.47. The Morgan fingerprint density at radius 2 is 1.75 bits per heavy atom. The van der Waals surface area contributed by atoms with Crippen LogP contribution in [0.2, 0.25) is 0 Å². The maximum Gasteiger partial charge on any atom is 0.277 e. The van der Waals surface area contributed by atoms with E-state index >= 15 is 0 Å². The molecule has 214 valence electrons. The van der Waals surface area contributed by atoms with E-state index in [0.29, 0.717) is 47.1 Å². The van der Waals surface area contributed by atoms with E-state index in [4.69, 9.17) is 9.84 Å². The number of nitrogens with zero attached hydrogens (tertiary/aromatic N) is 4. The number of imidazole rings is 1. The first kappa shape index (κ1) is 29.1. The average Bonchev–Trinajstić information content (AvgIpc) is 3.24. The van der Waals surface area contributed by atoms with Gasteiger partial charge in [-0.15, -0.1) is 5.10 Å². The lowest BCUT2D eigenvalue weighted by Crippen LogP contribution is -2.17. The summed E-state index contributed by atoms with van der Waals surface area (Å²) in [6, 6.07) is 11.6. The lowest BCUT2D eigenvalue weighted by Gasteiger charge is -2.15. The van der Waals surface area contributed by atoms with Crippen molar-refractivity contribution in [2.75, 3.05) is 30.3 Å². The van der Waals surface area contributed by atoms with Crippen LogP contribution < -0.4 is 19.9 Å². The molecule has 0 amide bonds. The van der Waals surface area contributed by atoms with Gasteiger partial charge < -0.3 is 14.6 Å². The molecule has 0 aliphatic heterocycles. The summed E-state index contributed by atoms with van der Waals surface area (Å²) in [5.74, 6) is 1.33. The van der Waals surface area contributed by atoms with E-state index in [2.05, 4.69) is 21.6 Å². The summed E-state index contributed by atoms with van der Waals surface area (Å²) in [5.41, 5.74) is 2.40. The van der Waals surface area contributed by atoms with Gasteiger partial charge in [-0.2, -0.15) is 0 Å². The predicted molar refractivity (Wildman–Crippen MR) is 159 cm³/mol. The van der Waals surface area contributed by atoms with Crippen molar-refractivity contribution in [3.05, 3.63) is 64.3 Å². The number of sulfonamides is 1. The Morgan fingerprint density at radius 1 is 1.02 bits per heavy atom. The summed E-state index contributed by atoms with van der Waals surface area (Å²) in [6.45, 7) is 6.17. The zero-order chi connectivity index (χ0) is 28.9. The van der Waals surface area contributed by atoms with Gasteiger partial charge in [0, 0.05) is 31.9 Å². The van der Waals surface area contributed by atoms with Crippen LogP contribution in [0.5, 0.6) is 5.75 Å². The van der Waals surface area contributed by atoms with E-state index in [1.807, 2.05) is 38.1 Å². The molecule has 0 atom stereocenters. The molecule has 2 N–H and O–H groups in total. The van der Waals surface area contributed by atoms with E-state index in [-0.39, 0.29) is 16.3 Å². The third-order valence-corrected chi connectivity index (χ3v) is 8.08. The second-order valence-electron chi connectivity index (χ2n) is 9.98. The Labute approximate surface area is 235 Å². The van der Waals surface area contributed by atoms with Gasteiger partial charge >= 0.3 is 0 Å². The fourth-order valence-corrected chi connectivity index (χ4v) is 5.67. The van der Waals surface area contributed by atoms with Gasteiger partial charge in [-0.1, -0.05) is 32.6 Å². The number of aromatic nitrogens is 4. The molecule has 0 fully saturated rings. The monoisotopic (exact) mass is 566 g/mol. The molecule has 2 heterocycles. The highest BCUT2D eigenvalue weighted by Crippen LogP contribution is 2.31. The molecule has 0 bridgehead atoms. The van der Waals surface area contributed by atoms with Gasteiger partial charge in [0.05, 0.1) is 22.8 Å². The number of rotatable bonds is 13. The van der Waals surface area contributed by atoms with Gasteiger partial charge in [0.25, 0.3) is 15.6 Å². The SMILES string of the molecule is CCCCCCCc1nc(C)c2c(=O)[nH]c(-c3cc(S(=O)(=O)Nc4ccc(N(C)C)cc4)ccc3OCC)nn12. The van der Waals surface area contributed by atoms with Crippen LogP contribution >= 0.6 is 0 Å². The van der Waals surface area contributed by atoms with Crippen LogP contribution in [0.15, 0.2) is 52.2 Å². The summed E-state index contributed by atoms with van der Waals surface area (Å²) >= 11 is 0. The number of aryl methyl sites for hydroxylation is 2. The van der Waals surface area contributed by atoms with Crippen LogP contribution in [-0.4, -0.2) is 48.7 Å². The lowest BCUT2D eigenvalue weighted by molar-refractivity contribution is 0.341. The summed E-state index contributed by atoms with van der Waals surface area (Å²) < 4.78 is 36.7. The third-order valence-electron chi connectivity index (χ3n) is 6.70. The molecule has 0 saturated heterocycles. The van der Waals surface area contributed by atoms with Crippen molar-refractivity contribution in [1.29, 1.82) is 0 Å². The van der Waals surface area contributed by atoms with Crippen molar-refractivity contribution in [3.63, 3.8) is 0 Å². The smallest absolute Gasteiger partial charge is 0.277 e. The highest BCUT2D eigenvalue weighted by Gasteiger charge is 2.21. The van der Waals surface area contributed by atoms with Crippen LogP contribution in [0.25, 0.3) is 16.9 Å². The number of benzene rings is 2. The van der Waals surface area contributed by atoms with Crippen LogP contribution in [-0.2, 0) is 16.4 Å². The van der Waals surface area contributed by atoms with Crippen molar-refractivity contribution >= 4 is 26.9 Å².